The Bertz CT molecular complexity index is 1380. The number of fused-ring (bicyclic) bond motifs is 1. The summed E-state index contributed by atoms with van der Waals surface area (Å²) in [5.41, 5.74) is 3.60. The number of rotatable bonds is 12. The van der Waals surface area contributed by atoms with Crippen LogP contribution in [0.4, 0.5) is 14.9 Å². The maximum atomic E-state index is 13.6. The number of para-hydroxylation sites is 1. The number of amides is 3. The molecular weight excluding hydrogens is 515 g/mol. The fourth-order valence-electron chi connectivity index (χ4n) is 4.29. The van der Waals surface area contributed by atoms with Gasteiger partial charge >= 0.3 is 6.03 Å². The predicted molar refractivity (Wildman–Crippen MR) is 155 cm³/mol. The van der Waals surface area contributed by atoms with Crippen molar-refractivity contribution < 1.29 is 18.7 Å². The Kier molecular flexibility index (Phi) is 9.99. The molecule has 0 radical (unpaired) electrons. The van der Waals surface area contributed by atoms with E-state index in [-0.39, 0.29) is 30.8 Å². The summed E-state index contributed by atoms with van der Waals surface area (Å²) in [6.45, 7) is 1.17. The third kappa shape index (κ3) is 7.84. The maximum Gasteiger partial charge on any atom is 0.322 e. The molecule has 0 aliphatic carbocycles. The number of halogens is 1. The van der Waals surface area contributed by atoms with Gasteiger partial charge in [-0.2, -0.15) is 0 Å². The Morgan fingerprint density at radius 2 is 1.72 bits per heavy atom. The minimum atomic E-state index is -0.379. The van der Waals surface area contributed by atoms with Crippen molar-refractivity contribution in [3.63, 3.8) is 0 Å². The third-order valence-electron chi connectivity index (χ3n) is 6.49. The SMILES string of the molecule is COCCN(CC(=O)N(CCc1c[nH]c2ccccc12)Cc1ccc(F)cc1)C(=O)Nc1ccc(SC)cc1. The number of thioether (sulfide) groups is 1. The molecule has 0 atom stereocenters. The van der Waals surface area contributed by atoms with Crippen LogP contribution in [0.25, 0.3) is 10.9 Å². The zero-order valence-electron chi connectivity index (χ0n) is 22.2. The van der Waals surface area contributed by atoms with E-state index in [4.69, 9.17) is 4.74 Å². The number of methoxy groups -OCH3 is 1. The van der Waals surface area contributed by atoms with Crippen molar-refractivity contribution >= 4 is 40.3 Å². The first-order chi connectivity index (χ1) is 19.0. The van der Waals surface area contributed by atoms with Crippen LogP contribution >= 0.6 is 11.8 Å². The van der Waals surface area contributed by atoms with Crippen LogP contribution in [0.1, 0.15) is 11.1 Å². The van der Waals surface area contributed by atoms with Gasteiger partial charge in [0.1, 0.15) is 12.4 Å². The van der Waals surface area contributed by atoms with E-state index in [0.717, 1.165) is 26.9 Å². The summed E-state index contributed by atoms with van der Waals surface area (Å²) in [5, 5.41) is 3.99. The highest BCUT2D eigenvalue weighted by Gasteiger charge is 2.22. The van der Waals surface area contributed by atoms with Crippen molar-refractivity contribution in [3.8, 4) is 0 Å². The number of ether oxygens (including phenoxy) is 1. The molecule has 39 heavy (non-hydrogen) atoms. The van der Waals surface area contributed by atoms with Gasteiger partial charge in [-0.05, 0) is 66.3 Å². The van der Waals surface area contributed by atoms with Crippen LogP contribution in [0.5, 0.6) is 0 Å². The average molecular weight is 549 g/mol. The number of urea groups is 1. The standard InChI is InChI=1S/C30H33FN4O3S/c1-38-18-17-35(30(37)33-25-11-13-26(39-2)14-12-25)21-29(36)34(20-22-7-9-24(31)10-8-22)16-15-23-19-32-28-6-4-3-5-27(23)28/h3-14,19,32H,15-18,20-21H2,1-2H3,(H,33,37). The minimum absolute atomic E-state index is 0.118. The Hall–Kier alpha value is -3.82. The highest BCUT2D eigenvalue weighted by Crippen LogP contribution is 2.20. The van der Waals surface area contributed by atoms with E-state index in [9.17, 15) is 14.0 Å². The molecular formula is C30H33FN4O3S. The number of aromatic amines is 1. The van der Waals surface area contributed by atoms with Gasteiger partial charge in [0.25, 0.3) is 0 Å². The summed E-state index contributed by atoms with van der Waals surface area (Å²) in [6, 6.07) is 21.3. The Labute approximate surface area is 232 Å². The number of aromatic nitrogens is 1. The fraction of sp³-hybridized carbons (Fsp3) is 0.267. The second-order valence-corrected chi connectivity index (χ2v) is 10.0. The number of hydrogen-bond donors (Lipinski definition) is 2. The molecule has 0 aliphatic heterocycles. The molecule has 0 saturated carbocycles. The summed E-state index contributed by atoms with van der Waals surface area (Å²) >= 11 is 1.62. The summed E-state index contributed by atoms with van der Waals surface area (Å²) < 4.78 is 18.7. The number of H-pyrrole nitrogens is 1. The first kappa shape index (κ1) is 28.2. The topological polar surface area (TPSA) is 77.7 Å². The smallest absolute Gasteiger partial charge is 0.322 e. The molecule has 7 nitrogen and oxygen atoms in total. The predicted octanol–water partition coefficient (Wildman–Crippen LogP) is 5.78. The first-order valence-corrected chi connectivity index (χ1v) is 14.0. The lowest BCUT2D eigenvalue weighted by molar-refractivity contribution is -0.132. The molecule has 2 N–H and O–H groups in total. The van der Waals surface area contributed by atoms with Crippen molar-refractivity contribution in [1.82, 2.24) is 14.8 Å². The maximum absolute atomic E-state index is 13.6. The van der Waals surface area contributed by atoms with Gasteiger partial charge in [0.15, 0.2) is 0 Å². The summed E-state index contributed by atoms with van der Waals surface area (Å²) in [4.78, 5) is 34.3. The lowest BCUT2D eigenvalue weighted by Gasteiger charge is -2.28. The van der Waals surface area contributed by atoms with E-state index in [0.29, 0.717) is 31.8 Å². The van der Waals surface area contributed by atoms with Crippen LogP contribution in [0.3, 0.4) is 0 Å². The van der Waals surface area contributed by atoms with E-state index in [1.807, 2.05) is 54.9 Å². The molecule has 0 spiro atoms. The highest BCUT2D eigenvalue weighted by molar-refractivity contribution is 7.98. The molecule has 4 aromatic rings. The van der Waals surface area contributed by atoms with E-state index < -0.39 is 0 Å². The molecule has 0 fully saturated rings. The third-order valence-corrected chi connectivity index (χ3v) is 7.23. The normalized spacial score (nSPS) is 10.9. The van der Waals surface area contributed by atoms with E-state index in [1.54, 1.807) is 35.9 Å². The number of benzene rings is 3. The lowest BCUT2D eigenvalue weighted by atomic mass is 10.1. The average Bonchev–Trinajstić information content (AvgIpc) is 3.37. The zero-order chi connectivity index (χ0) is 27.6. The van der Waals surface area contributed by atoms with Crippen molar-refractivity contribution in [2.45, 2.75) is 17.9 Å². The van der Waals surface area contributed by atoms with Gasteiger partial charge in [-0.3, -0.25) is 4.79 Å². The van der Waals surface area contributed by atoms with Crippen LogP contribution in [0.2, 0.25) is 0 Å². The van der Waals surface area contributed by atoms with Crippen molar-refractivity contribution in [1.29, 1.82) is 0 Å². The lowest BCUT2D eigenvalue weighted by Crippen LogP contribution is -2.46. The second kappa shape index (κ2) is 13.8. The van der Waals surface area contributed by atoms with Gasteiger partial charge < -0.3 is 24.8 Å². The molecule has 4 rings (SSSR count). The van der Waals surface area contributed by atoms with Crippen LogP contribution in [0.15, 0.2) is 83.9 Å². The Balaban J connectivity index is 1.49. The number of nitrogens with one attached hydrogen (secondary N) is 2. The van der Waals surface area contributed by atoms with Gasteiger partial charge in [0.05, 0.1) is 6.61 Å². The van der Waals surface area contributed by atoms with Crippen LogP contribution in [-0.4, -0.2) is 66.3 Å². The van der Waals surface area contributed by atoms with Crippen molar-refractivity contribution in [2.75, 3.05) is 44.9 Å². The van der Waals surface area contributed by atoms with Gasteiger partial charge in [-0.15, -0.1) is 11.8 Å². The van der Waals surface area contributed by atoms with Crippen molar-refractivity contribution in [2.24, 2.45) is 0 Å². The van der Waals surface area contributed by atoms with Crippen LogP contribution < -0.4 is 5.32 Å². The van der Waals surface area contributed by atoms with Crippen LogP contribution in [0, 0.1) is 5.82 Å². The van der Waals surface area contributed by atoms with Crippen molar-refractivity contribution in [3.05, 3.63) is 95.9 Å². The molecule has 204 valence electrons. The molecule has 3 amide bonds. The van der Waals surface area contributed by atoms with E-state index >= 15 is 0 Å². The number of hydrogen-bond acceptors (Lipinski definition) is 4. The van der Waals surface area contributed by atoms with E-state index in [1.165, 1.54) is 17.0 Å². The van der Waals surface area contributed by atoms with Gasteiger partial charge in [-0.1, -0.05) is 30.3 Å². The first-order valence-electron chi connectivity index (χ1n) is 12.7. The molecule has 0 aliphatic rings. The number of anilines is 1. The monoisotopic (exact) mass is 548 g/mol. The quantitative estimate of drug-likeness (QED) is 0.220. The fourth-order valence-corrected chi connectivity index (χ4v) is 4.70. The highest BCUT2D eigenvalue weighted by atomic mass is 32.2. The van der Waals surface area contributed by atoms with Gasteiger partial charge in [0, 0.05) is 54.4 Å². The van der Waals surface area contributed by atoms with E-state index in [2.05, 4.69) is 16.4 Å². The Morgan fingerprint density at radius 3 is 2.44 bits per heavy atom. The summed E-state index contributed by atoms with van der Waals surface area (Å²) in [6.07, 6.45) is 4.58. The molecule has 9 heteroatoms. The molecule has 0 bridgehead atoms. The van der Waals surface area contributed by atoms with Gasteiger partial charge in [0.2, 0.25) is 5.91 Å². The van der Waals surface area contributed by atoms with Gasteiger partial charge in [-0.25, -0.2) is 9.18 Å². The number of nitrogens with zero attached hydrogens (tertiary/aromatic N) is 2. The molecule has 1 aromatic heterocycles. The minimum Gasteiger partial charge on any atom is -0.383 e. The number of carbonyl (C=O) groups is 2. The molecule has 1 heterocycles. The molecule has 0 saturated heterocycles. The molecule has 0 unspecified atom stereocenters. The zero-order valence-corrected chi connectivity index (χ0v) is 23.0. The number of carbonyl (C=O) groups excluding carboxylic acids is 2. The second-order valence-electron chi connectivity index (χ2n) is 9.12. The summed E-state index contributed by atoms with van der Waals surface area (Å²) in [7, 11) is 1.56. The van der Waals surface area contributed by atoms with Crippen LogP contribution in [-0.2, 0) is 22.5 Å². The Morgan fingerprint density at radius 1 is 0.974 bits per heavy atom. The summed E-state index contributed by atoms with van der Waals surface area (Å²) in [5.74, 6) is -0.536. The molecule has 3 aromatic carbocycles. The largest absolute Gasteiger partial charge is 0.383 e.